The molecule has 4 nitrogen and oxygen atoms in total. The van der Waals surface area contributed by atoms with Crippen molar-refractivity contribution in [2.24, 2.45) is 0 Å². The zero-order valence-corrected chi connectivity index (χ0v) is 9.83. The molecule has 0 spiro atoms. The Morgan fingerprint density at radius 2 is 2.29 bits per heavy atom. The summed E-state index contributed by atoms with van der Waals surface area (Å²) in [5.74, 6) is 0. The summed E-state index contributed by atoms with van der Waals surface area (Å²) < 4.78 is 5.55. The average Bonchev–Trinajstić information content (AvgIpc) is 2.94. The van der Waals surface area contributed by atoms with Gasteiger partial charge in [0.25, 0.3) is 6.01 Å². The first-order chi connectivity index (χ1) is 8.31. The van der Waals surface area contributed by atoms with Crippen molar-refractivity contribution in [3.63, 3.8) is 0 Å². The Kier molecular flexibility index (Phi) is 2.45. The highest BCUT2D eigenvalue weighted by Crippen LogP contribution is 2.21. The number of nitrogen functional groups attached to an aromatic ring is 1. The summed E-state index contributed by atoms with van der Waals surface area (Å²) in [6.07, 6.45) is 0. The van der Waals surface area contributed by atoms with Gasteiger partial charge < -0.3 is 15.5 Å². The van der Waals surface area contributed by atoms with Crippen molar-refractivity contribution in [1.29, 1.82) is 0 Å². The van der Waals surface area contributed by atoms with Crippen LogP contribution in [0.4, 0.5) is 11.7 Å². The van der Waals surface area contributed by atoms with Gasteiger partial charge in [-0.1, -0.05) is 0 Å². The Morgan fingerprint density at radius 1 is 1.35 bits per heavy atom. The van der Waals surface area contributed by atoms with Crippen LogP contribution in [0.2, 0.25) is 0 Å². The Morgan fingerprint density at radius 3 is 3.12 bits per heavy atom. The highest BCUT2D eigenvalue weighted by atomic mass is 32.1. The molecule has 86 valence electrons. The second kappa shape index (κ2) is 4.10. The summed E-state index contributed by atoms with van der Waals surface area (Å²) in [4.78, 5) is 4.32. The lowest BCUT2D eigenvalue weighted by atomic mass is 10.3. The van der Waals surface area contributed by atoms with Crippen molar-refractivity contribution >= 4 is 34.1 Å². The number of nitrogens with zero attached hydrogens (tertiary/aromatic N) is 1. The molecule has 5 heteroatoms. The van der Waals surface area contributed by atoms with Gasteiger partial charge in [-0.3, -0.25) is 0 Å². The number of benzene rings is 1. The predicted octanol–water partition coefficient (Wildman–Crippen LogP) is 3.08. The van der Waals surface area contributed by atoms with Gasteiger partial charge in [0.2, 0.25) is 0 Å². The molecular formula is C12H11N3OS. The maximum absolute atomic E-state index is 5.68. The number of fused-ring (bicyclic) bond motifs is 1. The first-order valence-corrected chi connectivity index (χ1v) is 6.16. The SMILES string of the molecule is Nc1ccc2oc(NCc3ccsc3)nc2c1. The quantitative estimate of drug-likeness (QED) is 0.696. The molecule has 0 bridgehead atoms. The summed E-state index contributed by atoms with van der Waals surface area (Å²) >= 11 is 1.67. The van der Waals surface area contributed by atoms with Crippen molar-refractivity contribution in [3.05, 3.63) is 40.6 Å². The molecule has 0 atom stereocenters. The summed E-state index contributed by atoms with van der Waals surface area (Å²) in [5, 5.41) is 7.28. The van der Waals surface area contributed by atoms with Crippen molar-refractivity contribution in [2.45, 2.75) is 6.54 Å². The van der Waals surface area contributed by atoms with Crippen molar-refractivity contribution in [1.82, 2.24) is 4.98 Å². The van der Waals surface area contributed by atoms with E-state index in [4.69, 9.17) is 10.2 Å². The van der Waals surface area contributed by atoms with E-state index in [1.807, 2.05) is 11.4 Å². The van der Waals surface area contributed by atoms with Gasteiger partial charge in [-0.25, -0.2) is 0 Å². The Labute approximate surface area is 102 Å². The molecule has 2 aromatic heterocycles. The molecule has 3 rings (SSSR count). The first kappa shape index (κ1) is 10.2. The van der Waals surface area contributed by atoms with Crippen molar-refractivity contribution in [3.8, 4) is 0 Å². The Hall–Kier alpha value is -2.01. The third-order valence-electron chi connectivity index (χ3n) is 2.44. The second-order valence-electron chi connectivity index (χ2n) is 3.73. The number of thiophene rings is 1. The predicted molar refractivity (Wildman–Crippen MR) is 70.1 cm³/mol. The van der Waals surface area contributed by atoms with Crippen molar-refractivity contribution in [2.75, 3.05) is 11.1 Å². The molecule has 0 unspecified atom stereocenters. The van der Waals surface area contributed by atoms with Gasteiger partial charge in [-0.2, -0.15) is 16.3 Å². The second-order valence-corrected chi connectivity index (χ2v) is 4.51. The standard InChI is InChI=1S/C12H11N3OS/c13-9-1-2-11-10(5-9)15-12(16-11)14-6-8-3-4-17-7-8/h1-5,7H,6,13H2,(H,14,15). The zero-order valence-electron chi connectivity index (χ0n) is 9.01. The van der Waals surface area contributed by atoms with E-state index in [1.165, 1.54) is 5.56 Å². The van der Waals surface area contributed by atoms with Gasteiger partial charge in [-0.05, 0) is 40.6 Å². The number of anilines is 2. The van der Waals surface area contributed by atoms with E-state index in [9.17, 15) is 0 Å². The topological polar surface area (TPSA) is 64.1 Å². The molecule has 0 radical (unpaired) electrons. The van der Waals surface area contributed by atoms with Crippen LogP contribution in [0.15, 0.2) is 39.4 Å². The van der Waals surface area contributed by atoms with Crippen LogP contribution < -0.4 is 11.1 Å². The van der Waals surface area contributed by atoms with Crippen LogP contribution in [0.1, 0.15) is 5.56 Å². The fourth-order valence-electron chi connectivity index (χ4n) is 1.59. The highest BCUT2D eigenvalue weighted by Gasteiger charge is 2.05. The van der Waals surface area contributed by atoms with E-state index < -0.39 is 0 Å². The van der Waals surface area contributed by atoms with Crippen LogP contribution in [0.3, 0.4) is 0 Å². The number of nitrogens with two attached hydrogens (primary N) is 1. The Bertz CT molecular complexity index is 630. The van der Waals surface area contributed by atoms with Gasteiger partial charge in [0.15, 0.2) is 5.58 Å². The van der Waals surface area contributed by atoms with E-state index in [1.54, 1.807) is 23.5 Å². The number of nitrogens with one attached hydrogen (secondary N) is 1. The Balaban J connectivity index is 1.81. The van der Waals surface area contributed by atoms with Crippen LogP contribution >= 0.6 is 11.3 Å². The average molecular weight is 245 g/mol. The van der Waals surface area contributed by atoms with E-state index in [0.29, 0.717) is 18.2 Å². The minimum atomic E-state index is 0.525. The maximum atomic E-state index is 5.68. The number of aromatic nitrogens is 1. The smallest absolute Gasteiger partial charge is 0.295 e. The van der Waals surface area contributed by atoms with E-state index >= 15 is 0 Å². The number of oxazole rings is 1. The first-order valence-electron chi connectivity index (χ1n) is 5.22. The maximum Gasteiger partial charge on any atom is 0.295 e. The van der Waals surface area contributed by atoms with Gasteiger partial charge in [0.1, 0.15) is 5.52 Å². The number of rotatable bonds is 3. The molecule has 3 aromatic rings. The van der Waals surface area contributed by atoms with E-state index in [2.05, 4.69) is 21.7 Å². The molecule has 1 aromatic carbocycles. The minimum Gasteiger partial charge on any atom is -0.424 e. The van der Waals surface area contributed by atoms with Crippen LogP contribution in [-0.2, 0) is 6.54 Å². The number of hydrogen-bond acceptors (Lipinski definition) is 5. The fourth-order valence-corrected chi connectivity index (χ4v) is 2.26. The van der Waals surface area contributed by atoms with Gasteiger partial charge >= 0.3 is 0 Å². The molecule has 17 heavy (non-hydrogen) atoms. The van der Waals surface area contributed by atoms with E-state index in [-0.39, 0.29) is 0 Å². The third kappa shape index (κ3) is 2.09. The number of hydrogen-bond donors (Lipinski definition) is 2. The van der Waals surface area contributed by atoms with Gasteiger partial charge in [-0.15, -0.1) is 0 Å². The summed E-state index contributed by atoms with van der Waals surface area (Å²) in [6, 6.07) is 8.02. The van der Waals surface area contributed by atoms with E-state index in [0.717, 1.165) is 11.1 Å². The van der Waals surface area contributed by atoms with Gasteiger partial charge in [0, 0.05) is 12.2 Å². The van der Waals surface area contributed by atoms with Crippen LogP contribution in [0.25, 0.3) is 11.1 Å². The van der Waals surface area contributed by atoms with Crippen LogP contribution in [0, 0.1) is 0 Å². The lowest BCUT2D eigenvalue weighted by molar-refractivity contribution is 0.614. The fraction of sp³-hybridized carbons (Fsp3) is 0.0833. The van der Waals surface area contributed by atoms with Gasteiger partial charge in [0.05, 0.1) is 0 Å². The van der Waals surface area contributed by atoms with Crippen molar-refractivity contribution < 1.29 is 4.42 Å². The lowest BCUT2D eigenvalue weighted by Crippen LogP contribution is -1.97. The van der Waals surface area contributed by atoms with Crippen LogP contribution in [-0.4, -0.2) is 4.98 Å². The lowest BCUT2D eigenvalue weighted by Gasteiger charge is -1.97. The summed E-state index contributed by atoms with van der Waals surface area (Å²) in [5.41, 5.74) is 9.11. The molecule has 0 aliphatic carbocycles. The monoisotopic (exact) mass is 245 g/mol. The molecule has 3 N–H and O–H groups in total. The third-order valence-corrected chi connectivity index (χ3v) is 3.17. The molecular weight excluding hydrogens is 234 g/mol. The molecule has 0 fully saturated rings. The summed E-state index contributed by atoms with van der Waals surface area (Å²) in [6.45, 7) is 0.714. The summed E-state index contributed by atoms with van der Waals surface area (Å²) in [7, 11) is 0. The van der Waals surface area contributed by atoms with Crippen LogP contribution in [0.5, 0.6) is 0 Å². The molecule has 2 heterocycles. The molecule has 0 saturated carbocycles. The molecule has 0 aliphatic heterocycles. The molecule has 0 saturated heterocycles. The highest BCUT2D eigenvalue weighted by molar-refractivity contribution is 7.07. The minimum absolute atomic E-state index is 0.525. The molecule has 0 aliphatic rings. The molecule has 0 amide bonds. The largest absolute Gasteiger partial charge is 0.424 e. The zero-order chi connectivity index (χ0) is 11.7. The normalized spacial score (nSPS) is 10.8.